The summed E-state index contributed by atoms with van der Waals surface area (Å²) in [6, 6.07) is 8.73. The number of halogens is 1. The molecule has 1 heterocycles. The summed E-state index contributed by atoms with van der Waals surface area (Å²) in [4.78, 5) is 35.2. The van der Waals surface area contributed by atoms with E-state index >= 15 is 0 Å². The maximum Gasteiger partial charge on any atom is 0.433 e. The zero-order valence-corrected chi connectivity index (χ0v) is 25.3. The molecule has 1 amide bonds. The highest BCUT2D eigenvalue weighted by molar-refractivity contribution is 7.44. The van der Waals surface area contributed by atoms with Gasteiger partial charge in [0.25, 0.3) is 0 Å². The summed E-state index contributed by atoms with van der Waals surface area (Å²) < 4.78 is 29.6. The van der Waals surface area contributed by atoms with Crippen LogP contribution in [0.2, 0.25) is 0 Å². The van der Waals surface area contributed by atoms with Crippen LogP contribution in [0.3, 0.4) is 0 Å². The summed E-state index contributed by atoms with van der Waals surface area (Å²) in [6.45, 7) is 9.34. The van der Waals surface area contributed by atoms with Crippen LogP contribution in [0.25, 0.3) is 0 Å². The number of nitrogens with zero attached hydrogens (tertiary/aromatic N) is 2. The van der Waals surface area contributed by atoms with Crippen molar-refractivity contribution >= 4 is 38.1 Å². The first-order valence-corrected chi connectivity index (χ1v) is 14.6. The van der Waals surface area contributed by atoms with Crippen molar-refractivity contribution in [1.29, 1.82) is 0 Å². The molecule has 0 radical (unpaired) electrons. The Balaban J connectivity index is 2.11. The van der Waals surface area contributed by atoms with Crippen LogP contribution >= 0.6 is 20.1 Å². The lowest BCUT2D eigenvalue weighted by Crippen LogP contribution is -2.45. The maximum atomic E-state index is 12.6. The Morgan fingerprint density at radius 2 is 1.93 bits per heavy atom. The van der Waals surface area contributed by atoms with Gasteiger partial charge in [-0.15, -0.1) is 11.6 Å². The van der Waals surface area contributed by atoms with E-state index in [1.807, 2.05) is 11.7 Å². The molecule has 0 spiro atoms. The Kier molecular flexibility index (Phi) is 14.1. The molecule has 14 heteroatoms. The third-order valence-corrected chi connectivity index (χ3v) is 6.90. The Hall–Kier alpha value is -3.18. The molecule has 2 aromatic rings. The number of nitrogens with one attached hydrogen (secondary N) is 1. The molecule has 2 unspecified atom stereocenters. The first-order chi connectivity index (χ1) is 19.4. The molecule has 1 N–H and O–H groups in total. The quantitative estimate of drug-likeness (QED) is 0.0421. The maximum absolute atomic E-state index is 12.6. The number of hydrogen-bond acceptors (Lipinski definition) is 10. The number of amides is 1. The highest BCUT2D eigenvalue weighted by Crippen LogP contribution is 2.43. The van der Waals surface area contributed by atoms with Gasteiger partial charge in [0.05, 0.1) is 6.07 Å². The van der Waals surface area contributed by atoms with Crippen molar-refractivity contribution in [2.75, 3.05) is 26.1 Å². The Labute approximate surface area is 246 Å². The van der Waals surface area contributed by atoms with Gasteiger partial charge in [0, 0.05) is 18.8 Å². The van der Waals surface area contributed by atoms with Crippen molar-refractivity contribution in [2.45, 2.75) is 58.3 Å². The van der Waals surface area contributed by atoms with Crippen molar-refractivity contribution in [3.63, 3.8) is 0 Å². The van der Waals surface area contributed by atoms with Gasteiger partial charge >= 0.3 is 26.5 Å². The predicted octanol–water partition coefficient (Wildman–Crippen LogP) is 6.13. The van der Waals surface area contributed by atoms with E-state index < -0.39 is 37.2 Å². The number of nitro groups is 1. The molecule has 0 aliphatic heterocycles. The van der Waals surface area contributed by atoms with Crippen LogP contribution in [0.5, 0.6) is 5.75 Å². The summed E-state index contributed by atoms with van der Waals surface area (Å²) >= 11 is 5.81. The van der Waals surface area contributed by atoms with Gasteiger partial charge in [-0.25, -0.2) is 14.3 Å². The fourth-order valence-corrected chi connectivity index (χ4v) is 4.69. The topological polar surface area (TPSA) is 143 Å². The minimum Gasteiger partial charge on any atom is -0.460 e. The van der Waals surface area contributed by atoms with Crippen molar-refractivity contribution in [1.82, 2.24) is 9.99 Å². The van der Waals surface area contributed by atoms with E-state index in [2.05, 4.69) is 11.9 Å². The number of ether oxygens (including phenoxy) is 2. The van der Waals surface area contributed by atoms with Crippen LogP contribution in [0.4, 0.5) is 10.7 Å². The van der Waals surface area contributed by atoms with Gasteiger partial charge in [-0.1, -0.05) is 24.8 Å². The molecular formula is C27H37ClN3O9P. The molecule has 41 heavy (non-hydrogen) atoms. The summed E-state index contributed by atoms with van der Waals surface area (Å²) in [5.41, 5.74) is -0.000408. The smallest absolute Gasteiger partial charge is 0.433 e. The average molecular weight is 614 g/mol. The third-order valence-electron chi connectivity index (χ3n) is 5.15. The number of hydrogen-bond donors (Lipinski definition) is 1. The van der Waals surface area contributed by atoms with Crippen molar-refractivity contribution in [3.8, 4) is 5.75 Å². The van der Waals surface area contributed by atoms with Gasteiger partial charge in [-0.05, 0) is 64.4 Å². The number of furan rings is 1. The molecule has 0 fully saturated rings. The Bertz CT molecular complexity index is 1140. The van der Waals surface area contributed by atoms with Gasteiger partial charge in [0.15, 0.2) is 0 Å². The fraction of sp³-hybridized carbons (Fsp3) is 0.481. The molecule has 2 atom stereocenters. The number of benzene rings is 1. The van der Waals surface area contributed by atoms with Crippen LogP contribution in [0, 0.1) is 10.1 Å². The average Bonchev–Trinajstić information content (AvgIpc) is 3.38. The summed E-state index contributed by atoms with van der Waals surface area (Å²) in [5.74, 6) is 0.345. The van der Waals surface area contributed by atoms with E-state index in [1.54, 1.807) is 45.0 Å². The second-order valence-electron chi connectivity index (χ2n) is 9.84. The molecule has 1 aromatic heterocycles. The molecule has 226 valence electrons. The highest BCUT2D eigenvalue weighted by atomic mass is 35.5. The van der Waals surface area contributed by atoms with E-state index in [0.29, 0.717) is 23.9 Å². The molecule has 2 rings (SSSR count). The molecular weight excluding hydrogens is 577 g/mol. The lowest BCUT2D eigenvalue weighted by atomic mass is 10.1. The van der Waals surface area contributed by atoms with Crippen LogP contribution in [0.15, 0.2) is 53.5 Å². The predicted molar refractivity (Wildman–Crippen MR) is 155 cm³/mol. The summed E-state index contributed by atoms with van der Waals surface area (Å²) in [6.07, 6.45) is 2.50. The molecule has 0 saturated heterocycles. The van der Waals surface area contributed by atoms with E-state index in [1.165, 1.54) is 18.2 Å². The molecule has 1 aromatic carbocycles. The lowest BCUT2D eigenvalue weighted by Gasteiger charge is -2.26. The zero-order valence-electron chi connectivity index (χ0n) is 23.7. The lowest BCUT2D eigenvalue weighted by molar-refractivity contribution is -0.402. The molecule has 0 aliphatic rings. The van der Waals surface area contributed by atoms with Crippen LogP contribution in [-0.4, -0.2) is 59.4 Å². The number of carbonyl (C=O) groups is 2. The largest absolute Gasteiger partial charge is 0.460 e. The monoisotopic (exact) mass is 613 g/mol. The van der Waals surface area contributed by atoms with Crippen molar-refractivity contribution in [3.05, 3.63) is 70.5 Å². The van der Waals surface area contributed by atoms with Gasteiger partial charge in [0.2, 0.25) is 0 Å². The first kappa shape index (κ1) is 34.0. The van der Waals surface area contributed by atoms with Crippen molar-refractivity contribution < 1.29 is 37.5 Å². The minimum absolute atomic E-state index is 0.00538. The van der Waals surface area contributed by atoms with E-state index in [9.17, 15) is 19.7 Å². The van der Waals surface area contributed by atoms with E-state index in [0.717, 1.165) is 18.4 Å². The number of esters is 1. The van der Waals surface area contributed by atoms with E-state index in [-0.39, 0.29) is 25.5 Å². The highest BCUT2D eigenvalue weighted by Gasteiger charge is 2.26. The minimum atomic E-state index is -1.61. The SMILES string of the molecule is C=CCOC(=O)C(Cc1ccc(OP(OCc2ccc([N+](=O)[O-])o2)N(C)CCCCCl)cc1)NC(=O)OC(C)(C)C. The van der Waals surface area contributed by atoms with Gasteiger partial charge in [-0.2, -0.15) is 0 Å². The molecule has 0 saturated carbocycles. The number of carbonyl (C=O) groups excluding carboxylic acids is 2. The first-order valence-electron chi connectivity index (χ1n) is 12.9. The standard InChI is InChI=1S/C27H37ClN3O9P/c1-6-17-36-25(32)23(29-26(33)39-27(2,3)4)18-20-9-11-21(12-10-20)40-41(30(5)16-8-7-15-28)37-19-22-13-14-24(38-22)31(34)35/h6,9-14,23H,1,7-8,15-19H2,2-5H3,(H,29,33). The van der Waals surface area contributed by atoms with Gasteiger partial charge in [0.1, 0.15) is 41.3 Å². The normalized spacial score (nSPS) is 12.8. The zero-order chi connectivity index (χ0) is 30.4. The Morgan fingerprint density at radius 1 is 1.22 bits per heavy atom. The second-order valence-corrected chi connectivity index (χ2v) is 11.8. The van der Waals surface area contributed by atoms with Crippen LogP contribution in [-0.2, 0) is 31.8 Å². The van der Waals surface area contributed by atoms with Gasteiger partial charge < -0.3 is 28.3 Å². The Morgan fingerprint density at radius 3 is 2.51 bits per heavy atom. The molecule has 0 aliphatic carbocycles. The number of rotatable bonds is 17. The number of alkyl halides is 1. The fourth-order valence-electron chi connectivity index (χ4n) is 3.27. The van der Waals surface area contributed by atoms with Crippen molar-refractivity contribution in [2.24, 2.45) is 0 Å². The molecule has 0 bridgehead atoms. The van der Waals surface area contributed by atoms with Crippen LogP contribution < -0.4 is 9.84 Å². The number of unbranched alkanes of at least 4 members (excludes halogenated alkanes) is 1. The van der Waals surface area contributed by atoms with E-state index in [4.69, 9.17) is 34.5 Å². The molecule has 12 nitrogen and oxygen atoms in total. The number of alkyl carbamates (subject to hydrolysis) is 1. The van der Waals surface area contributed by atoms with Gasteiger partial charge in [-0.3, -0.25) is 10.1 Å². The summed E-state index contributed by atoms with van der Waals surface area (Å²) in [7, 11) is 0.238. The second kappa shape index (κ2) is 16.9. The van der Waals surface area contributed by atoms with Crippen LogP contribution in [0.1, 0.15) is 44.9 Å². The third kappa shape index (κ3) is 12.9. The summed E-state index contributed by atoms with van der Waals surface area (Å²) in [5, 5.41) is 13.5.